The van der Waals surface area contributed by atoms with E-state index in [0.717, 1.165) is 60.0 Å². The van der Waals surface area contributed by atoms with E-state index in [-0.39, 0.29) is 5.91 Å². The van der Waals surface area contributed by atoms with E-state index in [1.165, 1.54) is 0 Å². The summed E-state index contributed by atoms with van der Waals surface area (Å²) in [7, 11) is 0. The molecule has 6 rings (SSSR count). The first-order valence-electron chi connectivity index (χ1n) is 10.3. The minimum Gasteiger partial charge on any atom is -0.358 e. The van der Waals surface area contributed by atoms with Crippen molar-refractivity contribution in [3.63, 3.8) is 0 Å². The number of rotatable bonds is 2. The van der Waals surface area contributed by atoms with Crippen molar-refractivity contribution in [3.05, 3.63) is 99.3 Å². The summed E-state index contributed by atoms with van der Waals surface area (Å²) in [4.78, 5) is 21.1. The van der Waals surface area contributed by atoms with Crippen LogP contribution in [0.2, 0.25) is 0 Å². The number of benzene rings is 3. The third kappa shape index (κ3) is 2.32. The first kappa shape index (κ1) is 18.5. The Balaban J connectivity index is 1.86. The van der Waals surface area contributed by atoms with Crippen LogP contribution in [0.3, 0.4) is 0 Å². The van der Waals surface area contributed by atoms with Gasteiger partial charge in [-0.2, -0.15) is 0 Å². The minimum atomic E-state index is -0.980. The molecule has 2 aromatic heterocycles. The number of hydrogen-bond acceptors (Lipinski definition) is 1. The van der Waals surface area contributed by atoms with E-state index in [4.69, 9.17) is 0 Å². The lowest BCUT2D eigenvalue weighted by molar-refractivity contribution is -0.118. The topological polar surface area (TPSA) is 60.7 Å². The Bertz CT molecular complexity index is 1440. The number of aromatic amines is 2. The van der Waals surface area contributed by atoms with Crippen molar-refractivity contribution in [2.45, 2.75) is 19.3 Å². The molecule has 1 aliphatic rings. The van der Waals surface area contributed by atoms with Crippen LogP contribution in [0.5, 0.6) is 0 Å². The van der Waals surface area contributed by atoms with Gasteiger partial charge in [-0.3, -0.25) is 4.79 Å². The zero-order chi connectivity index (χ0) is 21.3. The van der Waals surface area contributed by atoms with E-state index >= 15 is 0 Å². The second kappa shape index (κ2) is 6.34. The summed E-state index contributed by atoms with van der Waals surface area (Å²) < 4.78 is 0.946. The van der Waals surface area contributed by atoms with Gasteiger partial charge in [-0.25, -0.2) is 0 Å². The molecule has 3 aromatic carbocycles. The summed E-state index contributed by atoms with van der Waals surface area (Å²) >= 11 is 3.64. The van der Waals surface area contributed by atoms with Gasteiger partial charge in [0.2, 0.25) is 5.91 Å². The van der Waals surface area contributed by atoms with Crippen LogP contribution in [-0.2, 0) is 10.2 Å². The van der Waals surface area contributed by atoms with Crippen molar-refractivity contribution in [1.82, 2.24) is 9.97 Å². The van der Waals surface area contributed by atoms with Crippen LogP contribution >= 0.6 is 15.9 Å². The van der Waals surface area contributed by atoms with Gasteiger partial charge in [-0.15, -0.1) is 0 Å². The predicted molar refractivity (Wildman–Crippen MR) is 129 cm³/mol. The third-order valence-electron chi connectivity index (χ3n) is 6.51. The van der Waals surface area contributed by atoms with Crippen molar-refractivity contribution >= 4 is 49.3 Å². The minimum absolute atomic E-state index is 0.0266. The highest BCUT2D eigenvalue weighted by Crippen LogP contribution is 2.53. The molecule has 31 heavy (non-hydrogen) atoms. The summed E-state index contributed by atoms with van der Waals surface area (Å²) in [6.07, 6.45) is 0. The molecular formula is C26H20BrN3O. The summed E-state index contributed by atoms with van der Waals surface area (Å²) in [5.74, 6) is -0.0266. The molecule has 3 heterocycles. The number of aryl methyl sites for hydroxylation is 2. The number of carbonyl (C=O) groups is 1. The molecular weight excluding hydrogens is 450 g/mol. The lowest BCUT2D eigenvalue weighted by Gasteiger charge is -2.30. The van der Waals surface area contributed by atoms with E-state index in [1.54, 1.807) is 0 Å². The molecule has 5 heteroatoms. The van der Waals surface area contributed by atoms with Gasteiger partial charge in [0.05, 0.1) is 0 Å². The highest BCUT2D eigenvalue weighted by atomic mass is 79.9. The maximum Gasteiger partial charge on any atom is 0.244 e. The Hall–Kier alpha value is -3.31. The van der Waals surface area contributed by atoms with Crippen LogP contribution in [0.25, 0.3) is 21.8 Å². The maximum atomic E-state index is 14.1. The summed E-state index contributed by atoms with van der Waals surface area (Å²) in [5.41, 5.74) is 6.90. The molecule has 0 fully saturated rings. The second-order valence-corrected chi connectivity index (χ2v) is 9.15. The number of nitrogens with one attached hydrogen (secondary N) is 3. The lowest BCUT2D eigenvalue weighted by atomic mass is 9.68. The van der Waals surface area contributed by atoms with Gasteiger partial charge in [0, 0.05) is 60.0 Å². The number of hydrogen-bond donors (Lipinski definition) is 3. The van der Waals surface area contributed by atoms with E-state index in [2.05, 4.69) is 75.4 Å². The van der Waals surface area contributed by atoms with Gasteiger partial charge < -0.3 is 15.3 Å². The Morgan fingerprint density at radius 2 is 1.32 bits per heavy atom. The van der Waals surface area contributed by atoms with Gasteiger partial charge >= 0.3 is 0 Å². The molecule has 5 aromatic rings. The first-order chi connectivity index (χ1) is 15.0. The van der Waals surface area contributed by atoms with Crippen LogP contribution in [0.1, 0.15) is 28.1 Å². The zero-order valence-corrected chi connectivity index (χ0v) is 18.7. The molecule has 0 aliphatic carbocycles. The second-order valence-electron chi connectivity index (χ2n) is 8.24. The van der Waals surface area contributed by atoms with Gasteiger partial charge in [0.1, 0.15) is 5.41 Å². The molecule has 3 N–H and O–H groups in total. The van der Waals surface area contributed by atoms with Gasteiger partial charge in [-0.05, 0) is 44.2 Å². The van der Waals surface area contributed by atoms with Crippen molar-refractivity contribution in [2.24, 2.45) is 0 Å². The summed E-state index contributed by atoms with van der Waals surface area (Å²) in [6.45, 7) is 4.12. The smallest absolute Gasteiger partial charge is 0.244 e. The molecule has 0 unspecified atom stereocenters. The number of amides is 1. The highest BCUT2D eigenvalue weighted by Gasteiger charge is 2.53. The average molecular weight is 470 g/mol. The average Bonchev–Trinajstić information content (AvgIpc) is 3.36. The molecule has 1 amide bonds. The van der Waals surface area contributed by atoms with Crippen molar-refractivity contribution in [1.29, 1.82) is 0 Å². The lowest BCUT2D eigenvalue weighted by Crippen LogP contribution is -2.38. The van der Waals surface area contributed by atoms with Crippen LogP contribution in [0.4, 0.5) is 5.69 Å². The molecule has 152 valence electrons. The molecule has 1 aliphatic heterocycles. The van der Waals surface area contributed by atoms with Gasteiger partial charge in [0.25, 0.3) is 0 Å². The van der Waals surface area contributed by atoms with Crippen molar-refractivity contribution in [3.8, 4) is 0 Å². The normalized spacial score (nSPS) is 14.9. The number of halogens is 1. The van der Waals surface area contributed by atoms with Crippen LogP contribution < -0.4 is 5.32 Å². The third-order valence-corrected chi connectivity index (χ3v) is 7.00. The number of fused-ring (bicyclic) bond motifs is 3. The monoisotopic (exact) mass is 469 g/mol. The quantitative estimate of drug-likeness (QED) is 0.278. The van der Waals surface area contributed by atoms with E-state index in [9.17, 15) is 4.79 Å². The fourth-order valence-electron chi connectivity index (χ4n) is 5.42. The van der Waals surface area contributed by atoms with Crippen LogP contribution in [0.15, 0.2) is 71.2 Å². The van der Waals surface area contributed by atoms with Crippen molar-refractivity contribution in [2.75, 3.05) is 5.32 Å². The molecule has 0 spiro atoms. The Morgan fingerprint density at radius 3 is 1.90 bits per heavy atom. The van der Waals surface area contributed by atoms with Crippen molar-refractivity contribution < 1.29 is 4.79 Å². The number of H-pyrrole nitrogens is 2. The largest absolute Gasteiger partial charge is 0.358 e. The Kier molecular flexibility index (Phi) is 3.78. The number of para-hydroxylation sites is 2. The SMILES string of the molecule is Cc1[nH]c2ccccc2c1C1(c2c(C)[nH]c3ccccc23)C(=O)Nc2ccc(Br)cc21. The fraction of sp³-hybridized carbons (Fsp3) is 0.115. The Labute approximate surface area is 187 Å². The molecule has 0 saturated carbocycles. The summed E-state index contributed by atoms with van der Waals surface area (Å²) in [5, 5.41) is 5.31. The Morgan fingerprint density at radius 1 is 0.774 bits per heavy atom. The highest BCUT2D eigenvalue weighted by molar-refractivity contribution is 9.10. The predicted octanol–water partition coefficient (Wildman–Crippen LogP) is 6.32. The summed E-state index contributed by atoms with van der Waals surface area (Å²) in [6, 6.07) is 22.5. The number of anilines is 1. The standard InChI is InChI=1S/C26H20BrN3O/c1-14-23(17-7-3-5-9-20(17)28-14)26(19-13-16(27)11-12-22(19)30-25(26)31)24-15(2)29-21-10-6-4-8-18(21)24/h3-13,28-29H,1-2H3,(H,30,31). The van der Waals surface area contributed by atoms with Crippen LogP contribution in [0, 0.1) is 13.8 Å². The van der Waals surface area contributed by atoms with E-state index in [0.29, 0.717) is 0 Å². The maximum absolute atomic E-state index is 14.1. The molecule has 4 nitrogen and oxygen atoms in total. The molecule has 0 saturated heterocycles. The van der Waals surface area contributed by atoms with Gasteiger partial charge in [-0.1, -0.05) is 52.3 Å². The zero-order valence-electron chi connectivity index (χ0n) is 17.1. The molecule has 0 atom stereocenters. The van der Waals surface area contributed by atoms with E-state index < -0.39 is 5.41 Å². The van der Waals surface area contributed by atoms with Crippen LogP contribution in [-0.4, -0.2) is 15.9 Å². The first-order valence-corrected chi connectivity index (χ1v) is 11.1. The number of aromatic nitrogens is 2. The number of carbonyl (C=O) groups excluding carboxylic acids is 1. The van der Waals surface area contributed by atoms with Gasteiger partial charge in [0.15, 0.2) is 0 Å². The molecule has 0 radical (unpaired) electrons. The fourth-order valence-corrected chi connectivity index (χ4v) is 5.78. The van der Waals surface area contributed by atoms with E-state index in [1.807, 2.05) is 36.4 Å². The molecule has 0 bridgehead atoms.